The molecular weight excluding hydrogens is 803 g/mol. The van der Waals surface area contributed by atoms with E-state index in [0.717, 1.165) is 20.3 Å². The zero-order chi connectivity index (χ0) is 38.6. The number of ether oxygens (including phenoxy) is 4. The van der Waals surface area contributed by atoms with Crippen molar-refractivity contribution in [3.05, 3.63) is 116 Å². The second-order valence-electron chi connectivity index (χ2n) is 15.2. The Morgan fingerprint density at radius 1 is 0.981 bits per heavy atom. The first kappa shape index (κ1) is 39.6. The van der Waals surface area contributed by atoms with Gasteiger partial charge in [-0.1, -0.05) is 60.7 Å². The van der Waals surface area contributed by atoms with E-state index in [0.29, 0.717) is 24.0 Å². The molecule has 2 N–H and O–H groups in total. The van der Waals surface area contributed by atoms with E-state index in [1.54, 1.807) is 52.1 Å². The monoisotopic (exact) mass is 850 g/mol. The number of esters is 2. The van der Waals surface area contributed by atoms with Crippen molar-refractivity contribution in [1.29, 1.82) is 0 Å². The number of aliphatic hydroxyl groups is 1. The summed E-state index contributed by atoms with van der Waals surface area (Å²) in [6.45, 7) is 4.90. The van der Waals surface area contributed by atoms with Gasteiger partial charge in [-0.3, -0.25) is 14.4 Å². The van der Waals surface area contributed by atoms with Crippen LogP contribution < -0.4 is 5.32 Å². The molecule has 1 fully saturated rings. The molecule has 54 heavy (non-hydrogen) atoms. The molecule has 0 unspecified atom stereocenters. The van der Waals surface area contributed by atoms with Crippen molar-refractivity contribution < 1.29 is 43.2 Å². The van der Waals surface area contributed by atoms with E-state index >= 15 is 0 Å². The summed E-state index contributed by atoms with van der Waals surface area (Å²) in [6.07, 6.45) is 0.943. The van der Waals surface area contributed by atoms with Crippen LogP contribution in [0.15, 0.2) is 90.5 Å². The van der Waals surface area contributed by atoms with Gasteiger partial charge in [0.2, 0.25) is 11.8 Å². The fourth-order valence-corrected chi connectivity index (χ4v) is 7.82. The summed E-state index contributed by atoms with van der Waals surface area (Å²) in [4.78, 5) is 55.8. The van der Waals surface area contributed by atoms with Crippen molar-refractivity contribution in [2.75, 3.05) is 13.7 Å². The number of halogens is 1. The molecule has 3 aromatic rings. The highest BCUT2D eigenvalue weighted by Gasteiger charge is 2.55. The molecule has 1 heterocycles. The summed E-state index contributed by atoms with van der Waals surface area (Å²) in [6, 6.07) is 22.7. The molecule has 6 rings (SSSR count). The molecule has 0 aromatic heterocycles. The number of hydrogen-bond acceptors (Lipinski definition) is 9. The molecule has 286 valence electrons. The summed E-state index contributed by atoms with van der Waals surface area (Å²) in [5.41, 5.74) is 3.09. The smallest absolute Gasteiger partial charge is 0.338 e. The average Bonchev–Trinajstić information content (AvgIpc) is 3.69. The fourth-order valence-electron chi connectivity index (χ4n) is 7.28. The predicted molar refractivity (Wildman–Crippen MR) is 208 cm³/mol. The zero-order valence-corrected chi connectivity index (χ0v) is 33.1. The number of hydrogen-bond donors (Lipinski definition) is 2. The maximum Gasteiger partial charge on any atom is 0.338 e. The van der Waals surface area contributed by atoms with Crippen LogP contribution in [0.1, 0.15) is 67.1 Å². The lowest BCUT2D eigenvalue weighted by Crippen LogP contribution is -2.53. The zero-order valence-electron chi connectivity index (χ0n) is 31.0. The lowest BCUT2D eigenvalue weighted by atomic mass is 9.90. The average molecular weight is 851 g/mol. The van der Waals surface area contributed by atoms with E-state index in [2.05, 4.69) is 27.9 Å². The molecule has 11 nitrogen and oxygen atoms in total. The Balaban J connectivity index is 1.24. The van der Waals surface area contributed by atoms with E-state index in [-0.39, 0.29) is 25.7 Å². The summed E-state index contributed by atoms with van der Waals surface area (Å²) < 4.78 is 25.7. The van der Waals surface area contributed by atoms with Crippen LogP contribution in [0.2, 0.25) is 0 Å². The van der Waals surface area contributed by atoms with E-state index in [1.807, 2.05) is 60.7 Å². The summed E-state index contributed by atoms with van der Waals surface area (Å²) in [7, 11) is 1.56. The van der Waals surface area contributed by atoms with Crippen LogP contribution in [0.4, 0.5) is 0 Å². The van der Waals surface area contributed by atoms with Gasteiger partial charge >= 0.3 is 11.9 Å². The molecule has 3 aromatic carbocycles. The van der Waals surface area contributed by atoms with Crippen molar-refractivity contribution in [2.45, 2.75) is 101 Å². The van der Waals surface area contributed by atoms with Gasteiger partial charge in [-0.15, -0.1) is 0 Å². The number of fused-ring (bicyclic) bond motifs is 2. The van der Waals surface area contributed by atoms with Gasteiger partial charge in [0.05, 0.1) is 18.2 Å². The topological polar surface area (TPSA) is 141 Å². The highest BCUT2D eigenvalue weighted by atomic mass is 127. The van der Waals surface area contributed by atoms with E-state index < -0.39 is 72.1 Å². The van der Waals surface area contributed by atoms with Crippen LogP contribution in [0, 0.1) is 3.57 Å². The largest absolute Gasteiger partial charge is 0.460 e. The van der Waals surface area contributed by atoms with Gasteiger partial charge < -0.3 is 34.3 Å². The first-order chi connectivity index (χ1) is 25.7. The molecule has 3 aliphatic rings. The minimum atomic E-state index is -0.988. The van der Waals surface area contributed by atoms with Crippen molar-refractivity contribution in [1.82, 2.24) is 10.2 Å². The standard InChI is InChI=1S/C42H47IN2O9/c1-41(2,3)53-36(47)18-17-32(25-46)44-38(48)33(19-26-11-6-5-7-12-26)45(4)39(49)30-21-34(51-40(50)27-15-10-16-31(43)20-27)37-35(22-30)52-42(54-37)23-28-13-8-9-14-29(28)24-42/h5-16,20,22,32-35,37,46H,17-19,21,23-25H2,1-4H3,(H,44,48)/t32-,33+,34+,35+,37-/m0/s1. The number of nitrogens with zero attached hydrogens (tertiary/aromatic N) is 1. The second kappa shape index (κ2) is 16.7. The van der Waals surface area contributed by atoms with E-state index in [9.17, 15) is 24.3 Å². The van der Waals surface area contributed by atoms with Gasteiger partial charge in [0.25, 0.3) is 0 Å². The predicted octanol–water partition coefficient (Wildman–Crippen LogP) is 5.09. The Morgan fingerprint density at radius 3 is 2.31 bits per heavy atom. The molecule has 1 saturated heterocycles. The van der Waals surface area contributed by atoms with Crippen molar-refractivity contribution in [3.63, 3.8) is 0 Å². The first-order valence-electron chi connectivity index (χ1n) is 18.3. The molecule has 0 radical (unpaired) electrons. The Labute approximate surface area is 329 Å². The van der Waals surface area contributed by atoms with Crippen molar-refractivity contribution >= 4 is 46.3 Å². The lowest BCUT2D eigenvalue weighted by Gasteiger charge is -2.34. The molecule has 2 amide bonds. The molecule has 1 spiro atoms. The highest BCUT2D eigenvalue weighted by Crippen LogP contribution is 2.45. The number of amides is 2. The van der Waals surface area contributed by atoms with E-state index in [4.69, 9.17) is 18.9 Å². The summed E-state index contributed by atoms with van der Waals surface area (Å²) in [5.74, 6) is -2.88. The molecule has 1 aliphatic heterocycles. The number of likely N-dealkylation sites (N-methyl/N-ethyl adjacent to an activating group) is 1. The summed E-state index contributed by atoms with van der Waals surface area (Å²) in [5, 5.41) is 13.0. The number of carbonyl (C=O) groups excluding carboxylic acids is 4. The highest BCUT2D eigenvalue weighted by molar-refractivity contribution is 14.1. The number of nitrogens with one attached hydrogen (secondary N) is 1. The third-order valence-corrected chi connectivity index (χ3v) is 10.5. The Morgan fingerprint density at radius 2 is 1.67 bits per heavy atom. The Hall–Kier alpha value is -4.11. The Kier molecular flexibility index (Phi) is 12.3. The third-order valence-electron chi connectivity index (χ3n) is 9.86. The molecule has 12 heteroatoms. The second-order valence-corrected chi connectivity index (χ2v) is 16.4. The number of benzene rings is 3. The van der Waals surface area contributed by atoms with Gasteiger partial charge in [-0.2, -0.15) is 0 Å². The quantitative estimate of drug-likeness (QED) is 0.188. The van der Waals surface area contributed by atoms with Crippen LogP contribution >= 0.6 is 22.6 Å². The Bertz CT molecular complexity index is 1870. The van der Waals surface area contributed by atoms with Crippen LogP contribution in [-0.2, 0) is 52.6 Å². The molecule has 0 bridgehead atoms. The van der Waals surface area contributed by atoms with E-state index in [1.165, 1.54) is 4.90 Å². The minimum absolute atomic E-state index is 0.00672. The van der Waals surface area contributed by atoms with Gasteiger partial charge in [-0.05, 0) is 90.7 Å². The van der Waals surface area contributed by atoms with Gasteiger partial charge in [-0.25, -0.2) is 4.79 Å². The number of carbonyl (C=O) groups is 4. The summed E-state index contributed by atoms with van der Waals surface area (Å²) >= 11 is 2.14. The van der Waals surface area contributed by atoms with Gasteiger partial charge in [0, 0.05) is 48.3 Å². The molecule has 0 saturated carbocycles. The number of aliphatic hydroxyl groups excluding tert-OH is 1. The van der Waals surface area contributed by atoms with Gasteiger partial charge in [0.15, 0.2) is 5.79 Å². The fraction of sp³-hybridized carbons (Fsp3) is 0.429. The molecular formula is C42H47IN2O9. The van der Waals surface area contributed by atoms with Crippen LogP contribution in [0.3, 0.4) is 0 Å². The van der Waals surface area contributed by atoms with Crippen molar-refractivity contribution in [2.24, 2.45) is 0 Å². The first-order valence-corrected chi connectivity index (χ1v) is 19.3. The maximum absolute atomic E-state index is 14.5. The minimum Gasteiger partial charge on any atom is -0.460 e. The molecule has 5 atom stereocenters. The SMILES string of the molecule is CN(C(=O)C1=C[C@H]2OC3(Cc4ccccc4C3)O[C@H]2[C@H](OC(=O)c2cccc(I)c2)C1)[C@H](Cc1ccccc1)C(=O)N[C@H](CO)CCC(=O)OC(C)(C)C. The van der Waals surface area contributed by atoms with Crippen LogP contribution in [0.5, 0.6) is 0 Å². The lowest BCUT2D eigenvalue weighted by molar-refractivity contribution is -0.172. The number of rotatable bonds is 12. The third kappa shape index (κ3) is 9.57. The maximum atomic E-state index is 14.5. The molecule has 2 aliphatic carbocycles. The van der Waals surface area contributed by atoms with Gasteiger partial charge in [0.1, 0.15) is 30.0 Å². The normalized spacial score (nSPS) is 20.9. The van der Waals surface area contributed by atoms with Crippen molar-refractivity contribution in [3.8, 4) is 0 Å². The van der Waals surface area contributed by atoms with Crippen LogP contribution in [0.25, 0.3) is 0 Å². The van der Waals surface area contributed by atoms with Crippen LogP contribution in [-0.4, -0.2) is 89.2 Å².